The Hall–Kier alpha value is -1.89. The lowest BCUT2D eigenvalue weighted by atomic mass is 9.95. The minimum absolute atomic E-state index is 0.0326. The lowest BCUT2D eigenvalue weighted by Gasteiger charge is -2.24. The van der Waals surface area contributed by atoms with Gasteiger partial charge in [-0.25, -0.2) is 0 Å². The van der Waals surface area contributed by atoms with E-state index in [0.29, 0.717) is 30.6 Å². The SMILES string of the molecule is O=C(CCn1cc(Cl)cn1)NCc1nncn1C1CCCCC1. The summed E-state index contributed by atoms with van der Waals surface area (Å²) in [5, 5.41) is 15.7. The average Bonchev–Trinajstić information content (AvgIpc) is 3.20. The van der Waals surface area contributed by atoms with E-state index >= 15 is 0 Å². The first-order valence-corrected chi connectivity index (χ1v) is 8.43. The van der Waals surface area contributed by atoms with Crippen LogP contribution in [0.15, 0.2) is 18.7 Å². The number of nitrogens with one attached hydrogen (secondary N) is 1. The van der Waals surface area contributed by atoms with Gasteiger partial charge in [0.1, 0.15) is 6.33 Å². The van der Waals surface area contributed by atoms with Crippen molar-refractivity contribution in [2.24, 2.45) is 0 Å². The lowest BCUT2D eigenvalue weighted by Crippen LogP contribution is -2.26. The van der Waals surface area contributed by atoms with E-state index in [0.717, 1.165) is 5.82 Å². The number of halogens is 1. The number of amides is 1. The zero-order valence-electron chi connectivity index (χ0n) is 13.0. The van der Waals surface area contributed by atoms with E-state index in [1.807, 2.05) is 0 Å². The van der Waals surface area contributed by atoms with Crippen molar-refractivity contribution in [2.75, 3.05) is 0 Å². The van der Waals surface area contributed by atoms with E-state index < -0.39 is 0 Å². The van der Waals surface area contributed by atoms with Crippen LogP contribution in [0, 0.1) is 0 Å². The summed E-state index contributed by atoms with van der Waals surface area (Å²) in [6.07, 6.45) is 11.5. The fourth-order valence-electron chi connectivity index (χ4n) is 3.00. The maximum atomic E-state index is 12.0. The third-order valence-corrected chi connectivity index (χ3v) is 4.42. The molecule has 1 amide bonds. The molecule has 7 nitrogen and oxygen atoms in total. The van der Waals surface area contributed by atoms with E-state index in [1.165, 1.54) is 32.1 Å². The van der Waals surface area contributed by atoms with E-state index in [1.54, 1.807) is 23.4 Å². The lowest BCUT2D eigenvalue weighted by molar-refractivity contribution is -0.121. The summed E-state index contributed by atoms with van der Waals surface area (Å²) in [6, 6.07) is 0.469. The normalized spacial score (nSPS) is 15.7. The topological polar surface area (TPSA) is 77.6 Å². The molecule has 0 aromatic carbocycles. The maximum absolute atomic E-state index is 12.0. The number of hydrogen-bond donors (Lipinski definition) is 1. The molecule has 0 spiro atoms. The zero-order valence-corrected chi connectivity index (χ0v) is 13.7. The second-order valence-corrected chi connectivity index (χ2v) is 6.33. The quantitative estimate of drug-likeness (QED) is 0.878. The number of hydrogen-bond acceptors (Lipinski definition) is 4. The van der Waals surface area contributed by atoms with Crippen molar-refractivity contribution in [1.82, 2.24) is 29.9 Å². The number of aromatic nitrogens is 5. The van der Waals surface area contributed by atoms with Crippen molar-refractivity contribution < 1.29 is 4.79 Å². The number of rotatable bonds is 6. The minimum atomic E-state index is -0.0326. The first-order chi connectivity index (χ1) is 11.2. The van der Waals surface area contributed by atoms with Gasteiger partial charge in [-0.15, -0.1) is 10.2 Å². The Kier molecular flexibility index (Phi) is 5.27. The van der Waals surface area contributed by atoms with Gasteiger partial charge in [0.15, 0.2) is 5.82 Å². The molecule has 124 valence electrons. The van der Waals surface area contributed by atoms with Gasteiger partial charge in [0.25, 0.3) is 0 Å². The van der Waals surface area contributed by atoms with Crippen LogP contribution in [-0.4, -0.2) is 30.5 Å². The van der Waals surface area contributed by atoms with Gasteiger partial charge in [0.2, 0.25) is 5.91 Å². The van der Waals surface area contributed by atoms with E-state index in [-0.39, 0.29) is 5.91 Å². The van der Waals surface area contributed by atoms with Crippen LogP contribution in [0.2, 0.25) is 5.02 Å². The van der Waals surface area contributed by atoms with Gasteiger partial charge in [-0.05, 0) is 12.8 Å². The molecule has 0 aliphatic heterocycles. The number of nitrogens with zero attached hydrogens (tertiary/aromatic N) is 5. The number of carbonyl (C=O) groups excluding carboxylic acids is 1. The van der Waals surface area contributed by atoms with Gasteiger partial charge in [-0.2, -0.15) is 5.10 Å². The monoisotopic (exact) mass is 336 g/mol. The molecule has 1 aliphatic rings. The molecule has 1 N–H and O–H groups in total. The van der Waals surface area contributed by atoms with Crippen molar-refractivity contribution in [2.45, 2.75) is 57.7 Å². The third kappa shape index (κ3) is 4.31. The minimum Gasteiger partial charge on any atom is -0.349 e. The molecule has 2 aromatic heterocycles. The highest BCUT2D eigenvalue weighted by molar-refractivity contribution is 6.30. The summed E-state index contributed by atoms with van der Waals surface area (Å²) in [6.45, 7) is 0.920. The Morgan fingerprint density at radius 2 is 2.17 bits per heavy atom. The van der Waals surface area contributed by atoms with Crippen LogP contribution in [0.5, 0.6) is 0 Å². The smallest absolute Gasteiger partial charge is 0.222 e. The fourth-order valence-corrected chi connectivity index (χ4v) is 3.16. The number of aryl methyl sites for hydroxylation is 1. The summed E-state index contributed by atoms with van der Waals surface area (Å²) in [5.74, 6) is 0.794. The molecule has 0 bridgehead atoms. The van der Waals surface area contributed by atoms with Crippen LogP contribution in [0.4, 0.5) is 0 Å². The first kappa shape index (κ1) is 16.0. The Morgan fingerprint density at radius 3 is 2.91 bits per heavy atom. The number of carbonyl (C=O) groups is 1. The van der Waals surface area contributed by atoms with Crippen LogP contribution >= 0.6 is 11.6 Å². The summed E-state index contributed by atoms with van der Waals surface area (Å²) in [4.78, 5) is 12.0. The van der Waals surface area contributed by atoms with Crippen LogP contribution in [0.1, 0.15) is 50.4 Å². The van der Waals surface area contributed by atoms with Gasteiger partial charge in [-0.3, -0.25) is 9.48 Å². The highest BCUT2D eigenvalue weighted by Gasteiger charge is 2.18. The molecule has 0 saturated heterocycles. The van der Waals surface area contributed by atoms with Crippen LogP contribution in [0.25, 0.3) is 0 Å². The summed E-state index contributed by atoms with van der Waals surface area (Å²) >= 11 is 5.79. The van der Waals surface area contributed by atoms with Crippen LogP contribution < -0.4 is 5.32 Å². The zero-order chi connectivity index (χ0) is 16.1. The molecule has 0 unspecified atom stereocenters. The summed E-state index contributed by atoms with van der Waals surface area (Å²) in [5.41, 5.74) is 0. The standard InChI is InChI=1S/C15H21ClN6O/c16-12-8-19-21(10-12)7-6-15(23)17-9-14-20-18-11-22(14)13-4-2-1-3-5-13/h8,10-11,13H,1-7,9H2,(H,17,23). The molecule has 2 heterocycles. The molecule has 8 heteroatoms. The van der Waals surface area contributed by atoms with Gasteiger partial charge >= 0.3 is 0 Å². The first-order valence-electron chi connectivity index (χ1n) is 8.05. The molecule has 1 fully saturated rings. The highest BCUT2D eigenvalue weighted by atomic mass is 35.5. The van der Waals surface area contributed by atoms with Crippen molar-refractivity contribution >= 4 is 17.5 Å². The van der Waals surface area contributed by atoms with E-state index in [9.17, 15) is 4.79 Å². The second kappa shape index (κ2) is 7.59. The Balaban J connectivity index is 1.48. The Labute approximate surface area is 140 Å². The molecule has 2 aromatic rings. The van der Waals surface area contributed by atoms with Crippen LogP contribution in [-0.2, 0) is 17.9 Å². The third-order valence-electron chi connectivity index (χ3n) is 4.23. The molecule has 23 heavy (non-hydrogen) atoms. The molecule has 0 radical (unpaired) electrons. The Morgan fingerprint density at radius 1 is 1.35 bits per heavy atom. The summed E-state index contributed by atoms with van der Waals surface area (Å²) < 4.78 is 3.78. The average molecular weight is 337 g/mol. The Bertz CT molecular complexity index is 646. The van der Waals surface area contributed by atoms with Crippen LogP contribution in [0.3, 0.4) is 0 Å². The highest BCUT2D eigenvalue weighted by Crippen LogP contribution is 2.28. The van der Waals surface area contributed by atoms with Crippen molar-refractivity contribution in [3.63, 3.8) is 0 Å². The predicted molar refractivity (Wildman–Crippen MR) is 85.8 cm³/mol. The molecule has 1 saturated carbocycles. The molecular weight excluding hydrogens is 316 g/mol. The molecule has 1 aliphatic carbocycles. The molecule has 0 atom stereocenters. The molecular formula is C15H21ClN6O. The van der Waals surface area contributed by atoms with Gasteiger partial charge < -0.3 is 9.88 Å². The van der Waals surface area contributed by atoms with Crippen molar-refractivity contribution in [1.29, 1.82) is 0 Å². The van der Waals surface area contributed by atoms with Crippen molar-refractivity contribution in [3.05, 3.63) is 29.6 Å². The van der Waals surface area contributed by atoms with Gasteiger partial charge in [0.05, 0.1) is 17.8 Å². The second-order valence-electron chi connectivity index (χ2n) is 5.89. The van der Waals surface area contributed by atoms with E-state index in [2.05, 4.69) is 25.2 Å². The van der Waals surface area contributed by atoms with Gasteiger partial charge in [-0.1, -0.05) is 30.9 Å². The van der Waals surface area contributed by atoms with E-state index in [4.69, 9.17) is 11.6 Å². The fraction of sp³-hybridized carbons (Fsp3) is 0.600. The van der Waals surface area contributed by atoms with Crippen molar-refractivity contribution in [3.8, 4) is 0 Å². The predicted octanol–water partition coefficient (Wildman–Crippen LogP) is 2.34. The van der Waals surface area contributed by atoms with Gasteiger partial charge in [0, 0.05) is 25.2 Å². The summed E-state index contributed by atoms with van der Waals surface area (Å²) in [7, 11) is 0. The maximum Gasteiger partial charge on any atom is 0.222 e. The largest absolute Gasteiger partial charge is 0.349 e. The molecule has 3 rings (SSSR count).